The zero-order valence-electron chi connectivity index (χ0n) is 15.0. The molecule has 2 aromatic heterocycles. The summed E-state index contributed by atoms with van der Waals surface area (Å²) in [5.41, 5.74) is 9.22. The molecular weight excluding hydrogens is 342 g/mol. The van der Waals surface area contributed by atoms with Gasteiger partial charge in [-0.1, -0.05) is 18.2 Å². The molecule has 138 valence electrons. The van der Waals surface area contributed by atoms with E-state index in [1.165, 1.54) is 0 Å². The summed E-state index contributed by atoms with van der Waals surface area (Å²) in [6.45, 7) is 1.06. The van der Waals surface area contributed by atoms with Crippen LogP contribution in [0.3, 0.4) is 0 Å². The minimum atomic E-state index is -0.126. The lowest BCUT2D eigenvalue weighted by atomic mass is 9.95. The average Bonchev–Trinajstić information content (AvgIpc) is 3.35. The summed E-state index contributed by atoms with van der Waals surface area (Å²) in [4.78, 5) is 18.9. The van der Waals surface area contributed by atoms with E-state index in [1.54, 1.807) is 24.3 Å². The number of rotatable bonds is 4. The average molecular weight is 363 g/mol. The quantitative estimate of drug-likeness (QED) is 0.739. The first-order valence-electron chi connectivity index (χ1n) is 8.81. The van der Waals surface area contributed by atoms with Crippen LogP contribution in [0.15, 0.2) is 54.7 Å². The van der Waals surface area contributed by atoms with E-state index >= 15 is 0 Å². The van der Waals surface area contributed by atoms with E-state index in [0.717, 1.165) is 17.0 Å². The molecule has 0 radical (unpaired) electrons. The molecule has 7 nitrogen and oxygen atoms in total. The van der Waals surface area contributed by atoms with E-state index in [1.807, 2.05) is 42.5 Å². The first kappa shape index (κ1) is 17.2. The smallest absolute Gasteiger partial charge is 0.271 e. The van der Waals surface area contributed by atoms with Gasteiger partial charge in [-0.2, -0.15) is 5.10 Å². The van der Waals surface area contributed by atoms with Crippen molar-refractivity contribution in [1.82, 2.24) is 20.1 Å². The molecule has 0 unspecified atom stereocenters. The first-order valence-corrected chi connectivity index (χ1v) is 8.81. The van der Waals surface area contributed by atoms with Crippen molar-refractivity contribution >= 4 is 5.91 Å². The van der Waals surface area contributed by atoms with E-state index in [9.17, 15) is 4.79 Å². The van der Waals surface area contributed by atoms with E-state index in [-0.39, 0.29) is 17.9 Å². The van der Waals surface area contributed by atoms with E-state index in [4.69, 9.17) is 10.5 Å². The van der Waals surface area contributed by atoms with E-state index < -0.39 is 0 Å². The lowest BCUT2D eigenvalue weighted by Crippen LogP contribution is -2.32. The third-order valence-electron chi connectivity index (χ3n) is 4.91. The number of H-pyrrole nitrogens is 1. The molecule has 3 N–H and O–H groups in total. The van der Waals surface area contributed by atoms with Gasteiger partial charge in [0.05, 0.1) is 12.8 Å². The van der Waals surface area contributed by atoms with Gasteiger partial charge in [0.1, 0.15) is 17.1 Å². The van der Waals surface area contributed by atoms with Crippen LogP contribution in [-0.4, -0.2) is 52.2 Å². The van der Waals surface area contributed by atoms with Crippen LogP contribution in [0, 0.1) is 0 Å². The Labute approximate surface area is 157 Å². The summed E-state index contributed by atoms with van der Waals surface area (Å²) >= 11 is 0. The minimum absolute atomic E-state index is 0.0715. The molecule has 0 bridgehead atoms. The van der Waals surface area contributed by atoms with Crippen molar-refractivity contribution in [2.24, 2.45) is 5.73 Å². The molecule has 1 aliphatic rings. The Hall–Kier alpha value is -3.19. The van der Waals surface area contributed by atoms with E-state index in [2.05, 4.69) is 15.2 Å². The molecule has 0 spiro atoms. The Morgan fingerprint density at radius 3 is 2.85 bits per heavy atom. The highest BCUT2D eigenvalue weighted by atomic mass is 16.5. The third-order valence-corrected chi connectivity index (χ3v) is 4.91. The van der Waals surface area contributed by atoms with Crippen molar-refractivity contribution in [2.75, 3.05) is 20.2 Å². The molecule has 2 atom stereocenters. The number of aromatic nitrogens is 3. The standard InChI is InChI=1S/C20H21N5O2/c1-27-14-6-4-5-13(9-14)15-11-25(12-16(15)21)20(26)19-10-18(23-24-19)17-7-2-3-8-22-17/h2-10,15-16H,11-12,21H2,1H3,(H,23,24)/t15-,16+/m1/s1. The molecule has 0 aliphatic carbocycles. The number of carbonyl (C=O) groups is 1. The highest BCUT2D eigenvalue weighted by Gasteiger charge is 2.35. The molecule has 1 aliphatic heterocycles. The Morgan fingerprint density at radius 1 is 1.19 bits per heavy atom. The predicted octanol–water partition coefficient (Wildman–Crippen LogP) is 2.05. The van der Waals surface area contributed by atoms with Crippen LogP contribution in [0.2, 0.25) is 0 Å². The zero-order chi connectivity index (χ0) is 18.8. The largest absolute Gasteiger partial charge is 0.497 e. The molecular formula is C20H21N5O2. The molecule has 3 heterocycles. The van der Waals surface area contributed by atoms with Crippen molar-refractivity contribution in [1.29, 1.82) is 0 Å². The maximum atomic E-state index is 12.9. The van der Waals surface area contributed by atoms with Crippen molar-refractivity contribution in [3.63, 3.8) is 0 Å². The van der Waals surface area contributed by atoms with Gasteiger partial charge in [0.15, 0.2) is 0 Å². The number of hydrogen-bond acceptors (Lipinski definition) is 5. The number of likely N-dealkylation sites (tertiary alicyclic amines) is 1. The number of benzene rings is 1. The SMILES string of the molecule is COc1cccc([C@H]2CN(C(=O)c3cc(-c4ccccn4)n[nH]3)C[C@@H]2N)c1. The second-order valence-electron chi connectivity index (χ2n) is 6.64. The number of carbonyl (C=O) groups excluding carboxylic acids is 1. The van der Waals surface area contributed by atoms with Crippen molar-refractivity contribution in [2.45, 2.75) is 12.0 Å². The van der Waals surface area contributed by atoms with Crippen LogP contribution < -0.4 is 10.5 Å². The van der Waals surface area contributed by atoms with Gasteiger partial charge < -0.3 is 15.4 Å². The van der Waals surface area contributed by atoms with Gasteiger partial charge in [-0.05, 0) is 35.9 Å². The summed E-state index contributed by atoms with van der Waals surface area (Å²) in [5, 5.41) is 7.04. The molecule has 3 aromatic rings. The highest BCUT2D eigenvalue weighted by molar-refractivity contribution is 5.93. The Bertz CT molecular complexity index is 940. The summed E-state index contributed by atoms with van der Waals surface area (Å²) < 4.78 is 5.30. The number of aromatic amines is 1. The van der Waals surface area contributed by atoms with Crippen LogP contribution in [-0.2, 0) is 0 Å². The van der Waals surface area contributed by atoms with Gasteiger partial charge in [0.2, 0.25) is 0 Å². The number of nitrogens with one attached hydrogen (secondary N) is 1. The molecule has 1 saturated heterocycles. The van der Waals surface area contributed by atoms with Gasteiger partial charge in [0.25, 0.3) is 5.91 Å². The minimum Gasteiger partial charge on any atom is -0.497 e. The van der Waals surface area contributed by atoms with Gasteiger partial charge in [-0.15, -0.1) is 0 Å². The summed E-state index contributed by atoms with van der Waals surface area (Å²) in [6, 6.07) is 15.0. The molecule has 1 amide bonds. The lowest BCUT2D eigenvalue weighted by molar-refractivity contribution is 0.0783. The van der Waals surface area contributed by atoms with E-state index in [0.29, 0.717) is 24.5 Å². The van der Waals surface area contributed by atoms with Gasteiger partial charge in [-0.25, -0.2) is 0 Å². The zero-order valence-corrected chi connectivity index (χ0v) is 15.0. The fourth-order valence-electron chi connectivity index (χ4n) is 3.47. The summed E-state index contributed by atoms with van der Waals surface area (Å²) in [6.07, 6.45) is 1.70. The number of nitrogens with two attached hydrogens (primary N) is 1. The Kier molecular flexibility index (Phi) is 4.60. The molecule has 0 saturated carbocycles. The Balaban J connectivity index is 1.51. The van der Waals surface area contributed by atoms with Gasteiger partial charge in [0, 0.05) is 31.2 Å². The van der Waals surface area contributed by atoms with Crippen LogP contribution in [0.5, 0.6) is 5.75 Å². The summed E-state index contributed by atoms with van der Waals surface area (Å²) in [5.74, 6) is 0.755. The molecule has 7 heteroatoms. The fourth-order valence-corrected chi connectivity index (χ4v) is 3.47. The number of hydrogen-bond donors (Lipinski definition) is 2. The van der Waals surface area contributed by atoms with Crippen molar-refractivity contribution in [3.05, 3.63) is 66.0 Å². The van der Waals surface area contributed by atoms with Crippen LogP contribution in [0.25, 0.3) is 11.4 Å². The normalized spacial score (nSPS) is 19.3. The molecule has 1 aromatic carbocycles. The van der Waals surface area contributed by atoms with Crippen molar-refractivity contribution < 1.29 is 9.53 Å². The van der Waals surface area contributed by atoms with Crippen LogP contribution in [0.4, 0.5) is 0 Å². The van der Waals surface area contributed by atoms with Gasteiger partial charge >= 0.3 is 0 Å². The molecule has 1 fully saturated rings. The second-order valence-corrected chi connectivity index (χ2v) is 6.64. The number of methoxy groups -OCH3 is 1. The predicted molar refractivity (Wildman–Crippen MR) is 101 cm³/mol. The number of ether oxygens (including phenoxy) is 1. The van der Waals surface area contributed by atoms with Crippen LogP contribution >= 0.6 is 0 Å². The summed E-state index contributed by atoms with van der Waals surface area (Å²) in [7, 11) is 1.64. The Morgan fingerprint density at radius 2 is 2.07 bits per heavy atom. The fraction of sp³-hybridized carbons (Fsp3) is 0.250. The highest BCUT2D eigenvalue weighted by Crippen LogP contribution is 2.29. The van der Waals surface area contributed by atoms with Crippen molar-refractivity contribution in [3.8, 4) is 17.1 Å². The monoisotopic (exact) mass is 363 g/mol. The molecule has 27 heavy (non-hydrogen) atoms. The lowest BCUT2D eigenvalue weighted by Gasteiger charge is -2.16. The van der Waals surface area contributed by atoms with Gasteiger partial charge in [-0.3, -0.25) is 14.9 Å². The number of amides is 1. The topological polar surface area (TPSA) is 97.1 Å². The number of pyridine rings is 1. The first-order chi connectivity index (χ1) is 13.2. The maximum Gasteiger partial charge on any atom is 0.271 e. The third kappa shape index (κ3) is 3.41. The van der Waals surface area contributed by atoms with Crippen LogP contribution in [0.1, 0.15) is 22.0 Å². The molecule has 4 rings (SSSR count). The second kappa shape index (κ2) is 7.20. The maximum absolute atomic E-state index is 12.9. The number of nitrogens with zero attached hydrogens (tertiary/aromatic N) is 3.